The average Bonchev–Trinajstić information content (AvgIpc) is 2.77. The van der Waals surface area contributed by atoms with Crippen LogP contribution in [-0.2, 0) is 10.0 Å². The number of rotatable bonds is 6. The first-order chi connectivity index (χ1) is 14.8. The number of hydrogen-bond acceptors (Lipinski definition) is 6. The van der Waals surface area contributed by atoms with Crippen LogP contribution in [0.25, 0.3) is 10.8 Å². The topological polar surface area (TPSA) is 110 Å². The van der Waals surface area contributed by atoms with Gasteiger partial charge in [-0.2, -0.15) is 0 Å². The van der Waals surface area contributed by atoms with E-state index in [1.54, 1.807) is 12.1 Å². The summed E-state index contributed by atoms with van der Waals surface area (Å²) < 4.78 is 25.0. The van der Waals surface area contributed by atoms with Crippen molar-refractivity contribution < 1.29 is 13.3 Å². The number of benzene rings is 3. The lowest BCUT2D eigenvalue weighted by Crippen LogP contribution is -2.48. The first kappa shape index (κ1) is 21.2. The zero-order valence-corrected chi connectivity index (χ0v) is 17.7. The lowest BCUT2D eigenvalue weighted by Gasteiger charge is -2.37. The van der Waals surface area contributed by atoms with Crippen LogP contribution >= 0.6 is 0 Å². The molecule has 4 rings (SSSR count). The highest BCUT2D eigenvalue weighted by atomic mass is 32.2. The lowest BCUT2D eigenvalue weighted by atomic mass is 10.0. The molecular formula is C22H24N4O4S. The third-order valence-electron chi connectivity index (χ3n) is 5.79. The zero-order chi connectivity index (χ0) is 22.0. The van der Waals surface area contributed by atoms with Crippen LogP contribution in [0.2, 0.25) is 0 Å². The number of hydrogen-bond donors (Lipinski definition) is 1. The Bertz CT molecular complexity index is 1180. The zero-order valence-electron chi connectivity index (χ0n) is 16.9. The average molecular weight is 441 g/mol. The van der Waals surface area contributed by atoms with E-state index in [0.717, 1.165) is 22.0 Å². The Morgan fingerprint density at radius 2 is 1.58 bits per heavy atom. The van der Waals surface area contributed by atoms with Crippen LogP contribution in [0.5, 0.6) is 0 Å². The number of nitro benzene ring substituents is 1. The van der Waals surface area contributed by atoms with Gasteiger partial charge >= 0.3 is 0 Å². The van der Waals surface area contributed by atoms with Gasteiger partial charge in [-0.1, -0.05) is 42.5 Å². The molecule has 0 saturated carbocycles. The Morgan fingerprint density at radius 1 is 0.935 bits per heavy atom. The molecule has 0 aromatic heterocycles. The van der Waals surface area contributed by atoms with Crippen LogP contribution in [0.1, 0.15) is 10.8 Å². The molecule has 31 heavy (non-hydrogen) atoms. The summed E-state index contributed by atoms with van der Waals surface area (Å²) in [5.74, 6) is 0. The Hall–Kier alpha value is -3.01. The monoisotopic (exact) mass is 440 g/mol. The Morgan fingerprint density at radius 3 is 2.23 bits per heavy atom. The first-order valence-electron chi connectivity index (χ1n) is 10.0. The van der Waals surface area contributed by atoms with Gasteiger partial charge in [0.1, 0.15) is 5.25 Å². The summed E-state index contributed by atoms with van der Waals surface area (Å²) >= 11 is 0. The minimum Gasteiger partial charge on any atom is -0.369 e. The van der Waals surface area contributed by atoms with Gasteiger partial charge in [-0.15, -0.1) is 0 Å². The van der Waals surface area contributed by atoms with Crippen LogP contribution in [0.15, 0.2) is 66.7 Å². The van der Waals surface area contributed by atoms with E-state index in [1.165, 1.54) is 12.1 Å². The van der Waals surface area contributed by atoms with Crippen LogP contribution in [0, 0.1) is 10.1 Å². The lowest BCUT2D eigenvalue weighted by molar-refractivity contribution is -0.384. The van der Waals surface area contributed by atoms with E-state index in [1.807, 2.05) is 42.5 Å². The standard InChI is InChI=1S/C22H24N4O4S/c23-31(29,30)22(21-7-3-5-17-4-1-2-6-20(17)21)16-24-12-14-25(15-13-24)18-8-10-19(11-9-18)26(27)28/h1-11,22H,12-16H2,(H2,23,29,30). The second-order valence-electron chi connectivity index (χ2n) is 7.71. The van der Waals surface area contributed by atoms with Crippen molar-refractivity contribution in [2.75, 3.05) is 37.6 Å². The van der Waals surface area contributed by atoms with Crippen LogP contribution in [0.4, 0.5) is 11.4 Å². The van der Waals surface area contributed by atoms with Gasteiger partial charge in [0.25, 0.3) is 5.69 Å². The number of anilines is 1. The van der Waals surface area contributed by atoms with E-state index in [4.69, 9.17) is 5.14 Å². The van der Waals surface area contributed by atoms with E-state index in [-0.39, 0.29) is 5.69 Å². The van der Waals surface area contributed by atoms with Gasteiger partial charge in [-0.3, -0.25) is 15.0 Å². The molecule has 1 aliphatic rings. The molecule has 2 N–H and O–H groups in total. The summed E-state index contributed by atoms with van der Waals surface area (Å²) in [6.45, 7) is 3.07. The first-order valence-corrected chi connectivity index (χ1v) is 11.6. The maximum atomic E-state index is 12.5. The minimum atomic E-state index is -3.81. The highest BCUT2D eigenvalue weighted by molar-refractivity contribution is 7.89. The normalized spacial score (nSPS) is 16.4. The maximum absolute atomic E-state index is 12.5. The third kappa shape index (κ3) is 4.68. The molecule has 0 radical (unpaired) electrons. The predicted octanol–water partition coefficient (Wildman–Crippen LogP) is 2.90. The molecule has 0 spiro atoms. The van der Waals surface area contributed by atoms with E-state index in [2.05, 4.69) is 9.80 Å². The van der Waals surface area contributed by atoms with Gasteiger partial charge in [0.2, 0.25) is 10.0 Å². The minimum absolute atomic E-state index is 0.0634. The van der Waals surface area contributed by atoms with Crippen molar-refractivity contribution in [3.05, 3.63) is 82.4 Å². The quantitative estimate of drug-likeness (QED) is 0.466. The number of fused-ring (bicyclic) bond motifs is 1. The largest absolute Gasteiger partial charge is 0.369 e. The fraction of sp³-hybridized carbons (Fsp3) is 0.273. The molecule has 0 bridgehead atoms. The Kier molecular flexibility index (Phi) is 5.90. The van der Waals surface area contributed by atoms with Crippen LogP contribution in [0.3, 0.4) is 0 Å². The molecule has 0 amide bonds. The van der Waals surface area contributed by atoms with E-state index in [0.29, 0.717) is 32.7 Å². The van der Waals surface area contributed by atoms with Crippen LogP contribution < -0.4 is 10.0 Å². The Labute approximate surface area is 181 Å². The maximum Gasteiger partial charge on any atom is 0.269 e. The molecule has 1 saturated heterocycles. The molecule has 162 valence electrons. The summed E-state index contributed by atoms with van der Waals surface area (Å²) in [5.41, 5.74) is 1.70. The molecule has 3 aromatic carbocycles. The number of nitrogens with two attached hydrogens (primary N) is 1. The number of non-ortho nitro benzene ring substituents is 1. The summed E-state index contributed by atoms with van der Waals surface area (Å²) in [4.78, 5) is 14.7. The van der Waals surface area contributed by atoms with Crippen molar-refractivity contribution in [1.82, 2.24) is 4.90 Å². The van der Waals surface area contributed by atoms with Crippen molar-refractivity contribution in [2.24, 2.45) is 5.14 Å². The van der Waals surface area contributed by atoms with Crippen molar-refractivity contribution in [2.45, 2.75) is 5.25 Å². The van der Waals surface area contributed by atoms with Gasteiger partial charge in [0.05, 0.1) is 4.92 Å². The summed E-state index contributed by atoms with van der Waals surface area (Å²) in [7, 11) is -3.81. The Balaban J connectivity index is 1.49. The van der Waals surface area contributed by atoms with Crippen LogP contribution in [-0.4, -0.2) is 51.0 Å². The summed E-state index contributed by atoms with van der Waals surface area (Å²) in [6.07, 6.45) is 0. The molecule has 8 nitrogen and oxygen atoms in total. The highest BCUT2D eigenvalue weighted by Gasteiger charge is 2.29. The molecule has 1 heterocycles. The highest BCUT2D eigenvalue weighted by Crippen LogP contribution is 2.30. The number of piperazine rings is 1. The second-order valence-corrected chi connectivity index (χ2v) is 9.45. The summed E-state index contributed by atoms with van der Waals surface area (Å²) in [6, 6.07) is 19.9. The molecule has 1 fully saturated rings. The fourth-order valence-corrected chi connectivity index (χ4v) is 5.10. The molecule has 9 heteroatoms. The molecule has 3 aromatic rings. The molecular weight excluding hydrogens is 416 g/mol. The number of sulfonamides is 1. The molecule has 1 aliphatic heterocycles. The fourth-order valence-electron chi connectivity index (χ4n) is 4.12. The SMILES string of the molecule is NS(=O)(=O)C(CN1CCN(c2ccc([N+](=O)[O-])cc2)CC1)c1cccc2ccccc12. The van der Waals surface area contributed by atoms with E-state index >= 15 is 0 Å². The van der Waals surface area contributed by atoms with Gasteiger partial charge < -0.3 is 4.90 Å². The van der Waals surface area contributed by atoms with Crippen molar-refractivity contribution in [3.8, 4) is 0 Å². The van der Waals surface area contributed by atoms with Gasteiger partial charge in [0, 0.05) is 50.5 Å². The third-order valence-corrected chi connectivity index (χ3v) is 6.98. The predicted molar refractivity (Wildman–Crippen MR) is 122 cm³/mol. The number of nitro groups is 1. The second kappa shape index (κ2) is 8.62. The molecule has 1 unspecified atom stereocenters. The number of primary sulfonamides is 1. The smallest absolute Gasteiger partial charge is 0.269 e. The number of nitrogens with zero attached hydrogens (tertiary/aromatic N) is 3. The molecule has 0 aliphatic carbocycles. The van der Waals surface area contributed by atoms with Crippen molar-refractivity contribution in [1.29, 1.82) is 0 Å². The summed E-state index contributed by atoms with van der Waals surface area (Å²) in [5, 5.41) is 17.6. The molecule has 1 atom stereocenters. The van der Waals surface area contributed by atoms with Gasteiger partial charge in [0.15, 0.2) is 0 Å². The van der Waals surface area contributed by atoms with Crippen molar-refractivity contribution in [3.63, 3.8) is 0 Å². The van der Waals surface area contributed by atoms with Crippen molar-refractivity contribution >= 4 is 32.2 Å². The van der Waals surface area contributed by atoms with E-state index < -0.39 is 20.2 Å². The van der Waals surface area contributed by atoms with Gasteiger partial charge in [-0.05, 0) is 28.5 Å². The van der Waals surface area contributed by atoms with E-state index in [9.17, 15) is 18.5 Å². The van der Waals surface area contributed by atoms with Gasteiger partial charge in [-0.25, -0.2) is 13.6 Å².